The van der Waals surface area contributed by atoms with Crippen molar-refractivity contribution in [2.24, 2.45) is 0 Å². The summed E-state index contributed by atoms with van der Waals surface area (Å²) in [6, 6.07) is 4.63. The third-order valence-electron chi connectivity index (χ3n) is 4.93. The van der Waals surface area contributed by atoms with Crippen LogP contribution in [-0.2, 0) is 16.0 Å². The SMILES string of the molecule is CCc1cn([C@@H]2CC(O)[C@H](CNC(=O)[C@H](C)Oc3cc(Cl)cc(Cl)c3)O2)c(=O)[nH]c1=O. The first-order valence-corrected chi connectivity index (χ1v) is 10.5. The minimum atomic E-state index is -0.905. The molecule has 1 aliphatic heterocycles. The van der Waals surface area contributed by atoms with E-state index in [1.807, 2.05) is 0 Å². The Kier molecular flexibility index (Phi) is 7.42. The topological polar surface area (TPSA) is 123 Å². The normalized spacial score (nSPS) is 21.6. The second kappa shape index (κ2) is 9.86. The number of hydrogen-bond donors (Lipinski definition) is 3. The maximum absolute atomic E-state index is 12.4. The lowest BCUT2D eigenvalue weighted by Crippen LogP contribution is -2.42. The maximum Gasteiger partial charge on any atom is 0.330 e. The van der Waals surface area contributed by atoms with Crippen molar-refractivity contribution in [1.29, 1.82) is 0 Å². The Bertz CT molecular complexity index is 1050. The van der Waals surface area contributed by atoms with E-state index < -0.39 is 41.7 Å². The van der Waals surface area contributed by atoms with Crippen molar-refractivity contribution in [2.45, 2.75) is 51.2 Å². The van der Waals surface area contributed by atoms with Crippen LogP contribution in [0, 0.1) is 0 Å². The minimum absolute atomic E-state index is 0.0131. The molecule has 2 heterocycles. The van der Waals surface area contributed by atoms with Gasteiger partial charge in [-0.25, -0.2) is 4.79 Å². The molecule has 0 radical (unpaired) electrons. The lowest BCUT2D eigenvalue weighted by Gasteiger charge is -2.19. The van der Waals surface area contributed by atoms with Gasteiger partial charge in [-0.2, -0.15) is 0 Å². The number of amides is 1. The Hall–Kier alpha value is -2.33. The molecule has 3 rings (SSSR count). The molecular weight excluding hydrogens is 449 g/mol. The van der Waals surface area contributed by atoms with Crippen LogP contribution < -0.4 is 21.3 Å². The van der Waals surface area contributed by atoms with E-state index in [0.717, 1.165) is 0 Å². The Labute approximate surface area is 187 Å². The van der Waals surface area contributed by atoms with Crippen LogP contribution in [0.25, 0.3) is 0 Å². The number of halogens is 2. The van der Waals surface area contributed by atoms with Crippen LogP contribution in [-0.4, -0.2) is 45.4 Å². The Morgan fingerprint density at radius 3 is 2.68 bits per heavy atom. The molecule has 0 spiro atoms. The summed E-state index contributed by atoms with van der Waals surface area (Å²) in [5.74, 6) is -0.0774. The molecular formula is C20H23Cl2N3O6. The third kappa shape index (κ3) is 5.68. The van der Waals surface area contributed by atoms with Gasteiger partial charge in [-0.1, -0.05) is 30.1 Å². The predicted molar refractivity (Wildman–Crippen MR) is 115 cm³/mol. The number of benzene rings is 1. The van der Waals surface area contributed by atoms with E-state index in [1.165, 1.54) is 22.9 Å². The minimum Gasteiger partial charge on any atom is -0.481 e. The Balaban J connectivity index is 1.59. The highest BCUT2D eigenvalue weighted by Crippen LogP contribution is 2.28. The van der Waals surface area contributed by atoms with E-state index in [2.05, 4.69) is 10.3 Å². The second-order valence-corrected chi connectivity index (χ2v) is 8.09. The first-order chi connectivity index (χ1) is 14.7. The fraction of sp³-hybridized carbons (Fsp3) is 0.450. The quantitative estimate of drug-likeness (QED) is 0.563. The zero-order chi connectivity index (χ0) is 22.7. The van der Waals surface area contributed by atoms with Crippen molar-refractivity contribution in [1.82, 2.24) is 14.9 Å². The highest BCUT2D eigenvalue weighted by molar-refractivity contribution is 6.34. The lowest BCUT2D eigenvalue weighted by molar-refractivity contribution is -0.128. The first-order valence-electron chi connectivity index (χ1n) is 9.76. The van der Waals surface area contributed by atoms with Crippen LogP contribution in [0.5, 0.6) is 5.75 Å². The molecule has 4 atom stereocenters. The van der Waals surface area contributed by atoms with Gasteiger partial charge in [-0.3, -0.25) is 19.1 Å². The number of carbonyl (C=O) groups is 1. The van der Waals surface area contributed by atoms with Gasteiger partial charge in [-0.15, -0.1) is 0 Å². The van der Waals surface area contributed by atoms with Crippen molar-refractivity contribution in [2.75, 3.05) is 6.54 Å². The van der Waals surface area contributed by atoms with E-state index >= 15 is 0 Å². The number of aliphatic hydroxyl groups is 1. The number of hydrogen-bond acceptors (Lipinski definition) is 6. The molecule has 1 aliphatic rings. The number of aliphatic hydroxyl groups excluding tert-OH is 1. The average molecular weight is 472 g/mol. The molecule has 1 aromatic heterocycles. The van der Waals surface area contributed by atoms with E-state index in [0.29, 0.717) is 27.8 Å². The molecule has 2 aromatic rings. The van der Waals surface area contributed by atoms with Gasteiger partial charge in [0.25, 0.3) is 11.5 Å². The summed E-state index contributed by atoms with van der Waals surface area (Å²) < 4.78 is 12.6. The molecule has 11 heteroatoms. The number of H-pyrrole nitrogens is 1. The number of nitrogens with one attached hydrogen (secondary N) is 2. The number of ether oxygens (including phenoxy) is 2. The van der Waals surface area contributed by atoms with Crippen molar-refractivity contribution >= 4 is 29.1 Å². The van der Waals surface area contributed by atoms with Crippen molar-refractivity contribution < 1.29 is 19.4 Å². The van der Waals surface area contributed by atoms with Gasteiger partial charge in [0.1, 0.15) is 18.1 Å². The fourth-order valence-corrected chi connectivity index (χ4v) is 3.77. The number of aromatic amines is 1. The predicted octanol–water partition coefficient (Wildman–Crippen LogP) is 1.64. The van der Waals surface area contributed by atoms with Gasteiger partial charge in [0, 0.05) is 34.8 Å². The average Bonchev–Trinajstić information content (AvgIpc) is 3.05. The van der Waals surface area contributed by atoms with E-state index in [-0.39, 0.29) is 13.0 Å². The molecule has 1 unspecified atom stereocenters. The summed E-state index contributed by atoms with van der Waals surface area (Å²) in [5, 5.41) is 13.7. The van der Waals surface area contributed by atoms with E-state index in [1.54, 1.807) is 19.9 Å². The first kappa shape index (κ1) is 23.3. The third-order valence-corrected chi connectivity index (χ3v) is 5.37. The van der Waals surface area contributed by atoms with Gasteiger partial charge in [-0.05, 0) is 31.5 Å². The zero-order valence-corrected chi connectivity index (χ0v) is 18.4. The van der Waals surface area contributed by atoms with E-state index in [4.69, 9.17) is 32.7 Å². The van der Waals surface area contributed by atoms with Crippen LogP contribution in [0.15, 0.2) is 34.0 Å². The monoisotopic (exact) mass is 471 g/mol. The Morgan fingerprint density at radius 1 is 1.35 bits per heavy atom. The van der Waals surface area contributed by atoms with E-state index in [9.17, 15) is 19.5 Å². The largest absolute Gasteiger partial charge is 0.481 e. The fourth-order valence-electron chi connectivity index (χ4n) is 3.26. The summed E-state index contributed by atoms with van der Waals surface area (Å²) in [7, 11) is 0. The van der Waals surface area contributed by atoms with Gasteiger partial charge in [0.05, 0.1) is 6.10 Å². The molecule has 1 saturated heterocycles. The van der Waals surface area contributed by atoms with Crippen LogP contribution in [0.2, 0.25) is 10.0 Å². The van der Waals surface area contributed by atoms with Crippen LogP contribution >= 0.6 is 23.2 Å². The second-order valence-electron chi connectivity index (χ2n) is 7.22. The molecule has 31 heavy (non-hydrogen) atoms. The van der Waals surface area contributed by atoms with Gasteiger partial charge in [0.2, 0.25) is 0 Å². The summed E-state index contributed by atoms with van der Waals surface area (Å²) >= 11 is 11.9. The number of carbonyl (C=O) groups excluding carboxylic acids is 1. The molecule has 0 bridgehead atoms. The van der Waals surface area contributed by atoms with Gasteiger partial charge >= 0.3 is 5.69 Å². The molecule has 168 valence electrons. The molecule has 9 nitrogen and oxygen atoms in total. The summed E-state index contributed by atoms with van der Waals surface area (Å²) in [5.41, 5.74) is -0.631. The number of rotatable bonds is 7. The van der Waals surface area contributed by atoms with Crippen molar-refractivity contribution in [3.05, 3.63) is 60.8 Å². The zero-order valence-electron chi connectivity index (χ0n) is 16.9. The number of nitrogens with zero attached hydrogens (tertiary/aromatic N) is 1. The highest BCUT2D eigenvalue weighted by Gasteiger charge is 2.36. The van der Waals surface area contributed by atoms with Crippen LogP contribution in [0.4, 0.5) is 0 Å². The molecule has 1 fully saturated rings. The Morgan fingerprint density at radius 2 is 2.03 bits per heavy atom. The van der Waals surface area contributed by atoms with Gasteiger partial charge < -0.3 is 19.9 Å². The molecule has 1 aromatic carbocycles. The standard InChI is InChI=1S/C20H23Cl2N3O6/c1-3-11-9-25(20(29)24-19(11)28)17-7-15(26)16(31-17)8-23-18(27)10(2)30-14-5-12(21)4-13(22)6-14/h4-6,9-10,15-17,26H,3,7-8H2,1-2H3,(H,23,27)(H,24,28,29)/t10-,15?,16-,17-/m0/s1. The van der Waals surface area contributed by atoms with Crippen molar-refractivity contribution in [3.8, 4) is 5.75 Å². The summed E-state index contributed by atoms with van der Waals surface area (Å²) in [6.45, 7) is 3.37. The number of aromatic nitrogens is 2. The highest BCUT2D eigenvalue weighted by atomic mass is 35.5. The van der Waals surface area contributed by atoms with Crippen molar-refractivity contribution in [3.63, 3.8) is 0 Å². The van der Waals surface area contributed by atoms with Crippen LogP contribution in [0.1, 0.15) is 32.1 Å². The maximum atomic E-state index is 12.4. The summed E-state index contributed by atoms with van der Waals surface area (Å²) in [6.07, 6.45) is -1.22. The number of aryl methyl sites for hydroxylation is 1. The molecule has 0 aliphatic carbocycles. The molecule has 0 saturated carbocycles. The lowest BCUT2D eigenvalue weighted by atomic mass is 10.1. The van der Waals surface area contributed by atoms with Gasteiger partial charge in [0.15, 0.2) is 6.10 Å². The molecule has 3 N–H and O–H groups in total. The smallest absolute Gasteiger partial charge is 0.330 e. The molecule has 1 amide bonds. The summed E-state index contributed by atoms with van der Waals surface area (Å²) in [4.78, 5) is 38.5. The van der Waals surface area contributed by atoms with Crippen LogP contribution in [0.3, 0.4) is 0 Å².